The summed E-state index contributed by atoms with van der Waals surface area (Å²) in [5.74, 6) is 0.294. The Bertz CT molecular complexity index is 1450. The number of imidazole rings is 1. The number of aromatic carboxylic acids is 1. The predicted molar refractivity (Wildman–Crippen MR) is 150 cm³/mol. The van der Waals surface area contributed by atoms with Crippen molar-refractivity contribution in [3.05, 3.63) is 71.0 Å². The maximum absolute atomic E-state index is 13.7. The minimum Gasteiger partial charge on any atom is -0.480 e. The first-order chi connectivity index (χ1) is 19.2. The average Bonchev–Trinajstić information content (AvgIpc) is 3.24. The first-order valence-corrected chi connectivity index (χ1v) is 14.2. The van der Waals surface area contributed by atoms with Crippen LogP contribution in [0, 0.1) is 30.1 Å². The molecule has 4 bridgehead atoms. The molecule has 0 saturated heterocycles. The number of carboxylic acids is 2. The molecule has 40 heavy (non-hydrogen) atoms. The second-order valence-electron chi connectivity index (χ2n) is 12.3. The maximum Gasteiger partial charge on any atom is 0.335 e. The van der Waals surface area contributed by atoms with Crippen molar-refractivity contribution in [2.45, 2.75) is 64.8 Å². The Morgan fingerprint density at radius 3 is 2.27 bits per heavy atom. The molecule has 3 aromatic rings. The van der Waals surface area contributed by atoms with Crippen LogP contribution < -0.4 is 5.32 Å². The van der Waals surface area contributed by atoms with Gasteiger partial charge in [0.05, 0.1) is 11.3 Å². The number of aliphatic carboxylic acids is 1. The van der Waals surface area contributed by atoms with Gasteiger partial charge in [-0.25, -0.2) is 9.78 Å². The van der Waals surface area contributed by atoms with Crippen LogP contribution in [0.3, 0.4) is 0 Å². The second-order valence-corrected chi connectivity index (χ2v) is 12.3. The number of nitrogens with zero attached hydrogens (tertiary/aromatic N) is 2. The van der Waals surface area contributed by atoms with Gasteiger partial charge in [0.15, 0.2) is 0 Å². The quantitative estimate of drug-likeness (QED) is 0.304. The lowest BCUT2D eigenvalue weighted by Gasteiger charge is -2.57. The number of hydrogen-bond acceptors (Lipinski definition) is 4. The van der Waals surface area contributed by atoms with Gasteiger partial charge in [-0.1, -0.05) is 30.3 Å². The Hall–Kier alpha value is -3.94. The minimum absolute atomic E-state index is 0.0665. The molecule has 0 unspecified atom stereocenters. The zero-order valence-electron chi connectivity index (χ0n) is 22.7. The Labute approximate surface area is 233 Å². The van der Waals surface area contributed by atoms with E-state index in [1.54, 1.807) is 16.7 Å². The zero-order chi connectivity index (χ0) is 28.0. The highest BCUT2D eigenvalue weighted by molar-refractivity contribution is 6.05. The number of anilines is 1. The molecule has 2 aromatic carbocycles. The van der Waals surface area contributed by atoms with Crippen LogP contribution in [0.4, 0.5) is 5.69 Å². The van der Waals surface area contributed by atoms with Gasteiger partial charge in [0, 0.05) is 11.3 Å². The van der Waals surface area contributed by atoms with Gasteiger partial charge in [-0.05, 0) is 105 Å². The Morgan fingerprint density at radius 2 is 1.65 bits per heavy atom. The third kappa shape index (κ3) is 5.03. The number of nitrogens with one attached hydrogen (secondary N) is 1. The number of rotatable bonds is 9. The van der Waals surface area contributed by atoms with Gasteiger partial charge in [-0.2, -0.15) is 0 Å². The molecule has 1 heterocycles. The van der Waals surface area contributed by atoms with Crippen molar-refractivity contribution in [3.63, 3.8) is 0 Å². The molecule has 0 aliphatic heterocycles. The van der Waals surface area contributed by atoms with E-state index in [0.29, 0.717) is 23.6 Å². The van der Waals surface area contributed by atoms with E-state index in [0.717, 1.165) is 35.3 Å². The van der Waals surface area contributed by atoms with Crippen LogP contribution in [0.15, 0.2) is 48.5 Å². The molecule has 1 amide bonds. The lowest BCUT2D eigenvalue weighted by Crippen LogP contribution is -2.46. The summed E-state index contributed by atoms with van der Waals surface area (Å²) in [6.07, 6.45) is 9.17. The first-order valence-electron chi connectivity index (χ1n) is 14.2. The van der Waals surface area contributed by atoms with Crippen molar-refractivity contribution in [2.24, 2.45) is 23.2 Å². The second kappa shape index (κ2) is 10.2. The first kappa shape index (κ1) is 26.3. The van der Waals surface area contributed by atoms with Gasteiger partial charge in [-0.3, -0.25) is 9.59 Å². The van der Waals surface area contributed by atoms with Crippen LogP contribution in [0.1, 0.15) is 77.0 Å². The Balaban J connectivity index is 1.39. The van der Waals surface area contributed by atoms with Crippen LogP contribution in [-0.2, 0) is 17.8 Å². The smallest absolute Gasteiger partial charge is 0.335 e. The molecule has 0 atom stereocenters. The van der Waals surface area contributed by atoms with E-state index in [4.69, 9.17) is 4.98 Å². The summed E-state index contributed by atoms with van der Waals surface area (Å²) in [4.78, 5) is 42.1. The number of amides is 1. The summed E-state index contributed by atoms with van der Waals surface area (Å²) in [5.41, 5.74) is 3.21. The maximum atomic E-state index is 13.7. The summed E-state index contributed by atoms with van der Waals surface area (Å²) >= 11 is 0. The van der Waals surface area contributed by atoms with E-state index in [2.05, 4.69) is 5.32 Å². The molecule has 4 aliphatic carbocycles. The van der Waals surface area contributed by atoms with Crippen LogP contribution in [0.25, 0.3) is 11.4 Å². The van der Waals surface area contributed by atoms with Gasteiger partial charge >= 0.3 is 11.9 Å². The van der Waals surface area contributed by atoms with E-state index in [9.17, 15) is 24.6 Å². The molecule has 0 spiro atoms. The van der Waals surface area contributed by atoms with Gasteiger partial charge < -0.3 is 20.1 Å². The van der Waals surface area contributed by atoms with E-state index in [1.165, 1.54) is 50.7 Å². The molecular formula is C32H35N3O5. The molecule has 4 saturated carbocycles. The van der Waals surface area contributed by atoms with Gasteiger partial charge in [0.2, 0.25) is 0 Å². The van der Waals surface area contributed by atoms with Crippen molar-refractivity contribution >= 4 is 23.5 Å². The van der Waals surface area contributed by atoms with Crippen molar-refractivity contribution in [2.75, 3.05) is 5.32 Å². The number of carbonyl (C=O) groups is 3. The van der Waals surface area contributed by atoms with E-state index >= 15 is 0 Å². The summed E-state index contributed by atoms with van der Waals surface area (Å²) < 4.78 is 1.70. The van der Waals surface area contributed by atoms with Crippen LogP contribution in [0.5, 0.6) is 0 Å². The minimum atomic E-state index is -1.08. The predicted octanol–water partition coefficient (Wildman–Crippen LogP) is 6.04. The Kier molecular flexibility index (Phi) is 6.72. The molecular weight excluding hydrogens is 506 g/mol. The number of carbonyl (C=O) groups excluding carboxylic acids is 1. The van der Waals surface area contributed by atoms with E-state index < -0.39 is 17.8 Å². The lowest BCUT2D eigenvalue weighted by atomic mass is 9.48. The standard InChI is InChI=1S/C32H35N3O5/c1-19-5-2-3-8-25(19)29-34-28(30(38)33-24-7-4-6-23(14-24)31(39)40)26(35(29)18-27(36)37)9-10-32-15-20-11-21(16-32)13-22(12-20)17-32/h2-8,14,20-22H,9-13,15-18H2,1H3,(H,33,38)(H,36,37)(H,39,40). The molecule has 4 aliphatic rings. The van der Waals surface area contributed by atoms with Crippen molar-refractivity contribution < 1.29 is 24.6 Å². The third-order valence-corrected chi connectivity index (χ3v) is 9.39. The molecule has 7 rings (SSSR count). The van der Waals surface area contributed by atoms with Gasteiger partial charge in [0.25, 0.3) is 5.91 Å². The average molecular weight is 542 g/mol. The van der Waals surface area contributed by atoms with Crippen LogP contribution >= 0.6 is 0 Å². The van der Waals surface area contributed by atoms with E-state index in [-0.39, 0.29) is 23.2 Å². The molecule has 8 heteroatoms. The molecule has 8 nitrogen and oxygen atoms in total. The number of benzene rings is 2. The molecule has 4 fully saturated rings. The van der Waals surface area contributed by atoms with E-state index in [1.807, 2.05) is 31.2 Å². The van der Waals surface area contributed by atoms with Gasteiger partial charge in [0.1, 0.15) is 18.1 Å². The lowest BCUT2D eigenvalue weighted by molar-refractivity contribution is -0.137. The summed E-state index contributed by atoms with van der Waals surface area (Å²) in [6.45, 7) is 1.65. The van der Waals surface area contributed by atoms with Crippen molar-refractivity contribution in [1.29, 1.82) is 0 Å². The van der Waals surface area contributed by atoms with Crippen LogP contribution in [-0.4, -0.2) is 37.6 Å². The SMILES string of the molecule is Cc1ccccc1-c1nc(C(=O)Nc2cccc(C(=O)O)c2)c(CCC23CC4CC(CC(C4)C2)C3)n1CC(=O)O. The molecule has 0 radical (unpaired) electrons. The topological polar surface area (TPSA) is 122 Å². The molecule has 3 N–H and O–H groups in total. The molecule has 1 aromatic heterocycles. The molecule has 208 valence electrons. The normalized spacial score (nSPS) is 24.7. The zero-order valence-corrected chi connectivity index (χ0v) is 22.7. The number of carboxylic acid groups (broad SMARTS) is 2. The number of aryl methyl sites for hydroxylation is 1. The summed E-state index contributed by atoms with van der Waals surface area (Å²) in [6, 6.07) is 13.7. The number of aromatic nitrogens is 2. The fraction of sp³-hybridized carbons (Fsp3) is 0.438. The highest BCUT2D eigenvalue weighted by atomic mass is 16.4. The van der Waals surface area contributed by atoms with Gasteiger partial charge in [-0.15, -0.1) is 0 Å². The monoisotopic (exact) mass is 541 g/mol. The van der Waals surface area contributed by atoms with Crippen molar-refractivity contribution in [3.8, 4) is 11.4 Å². The third-order valence-electron chi connectivity index (χ3n) is 9.39. The highest BCUT2D eigenvalue weighted by Gasteiger charge is 2.50. The van der Waals surface area contributed by atoms with Crippen molar-refractivity contribution in [1.82, 2.24) is 9.55 Å². The Morgan fingerprint density at radius 1 is 0.975 bits per heavy atom. The number of hydrogen-bond donors (Lipinski definition) is 3. The largest absolute Gasteiger partial charge is 0.480 e. The van der Waals surface area contributed by atoms with Crippen LogP contribution in [0.2, 0.25) is 0 Å². The highest BCUT2D eigenvalue weighted by Crippen LogP contribution is 2.61. The summed E-state index contributed by atoms with van der Waals surface area (Å²) in [7, 11) is 0. The fourth-order valence-corrected chi connectivity index (χ4v) is 8.16. The summed E-state index contributed by atoms with van der Waals surface area (Å²) in [5, 5.41) is 22.1. The fourth-order valence-electron chi connectivity index (χ4n) is 8.16.